The summed E-state index contributed by atoms with van der Waals surface area (Å²) in [6.07, 6.45) is 18.3. The normalized spacial score (nSPS) is 13.9. The molecule has 0 amide bonds. The van der Waals surface area contributed by atoms with Crippen LogP contribution in [-0.4, -0.2) is 27.5 Å². The molecule has 4 heteroatoms. The molecular formula is C25H50O3Si. The Morgan fingerprint density at radius 1 is 0.793 bits per heavy atom. The molecule has 0 aromatic carbocycles. The molecule has 0 bridgehead atoms. The quantitative estimate of drug-likeness (QED) is 0.0851. The summed E-state index contributed by atoms with van der Waals surface area (Å²) in [5.74, 6) is -0.219. The number of ether oxygens (including phenoxy) is 1. The van der Waals surface area contributed by atoms with Gasteiger partial charge in [0, 0.05) is 12.7 Å². The Hall–Kier alpha value is -0.613. The highest BCUT2D eigenvalue weighted by Crippen LogP contribution is 2.35. The molecular weight excluding hydrogens is 376 g/mol. The minimum absolute atomic E-state index is 0.219. The van der Waals surface area contributed by atoms with Gasteiger partial charge < -0.3 is 9.16 Å². The highest BCUT2D eigenvalue weighted by molar-refractivity contribution is 6.75. The fraction of sp³-hybridized carbons (Fsp3) is 0.880. The van der Waals surface area contributed by atoms with Gasteiger partial charge in [0.15, 0.2) is 8.32 Å². The molecule has 0 radical (unpaired) electrons. The minimum atomic E-state index is -1.65. The number of carbonyl (C=O) groups is 1. The average molecular weight is 427 g/mol. The van der Waals surface area contributed by atoms with Crippen LogP contribution in [0, 0.1) is 0 Å². The Morgan fingerprint density at radius 3 is 1.90 bits per heavy atom. The molecule has 1 unspecified atom stereocenters. The summed E-state index contributed by atoms with van der Waals surface area (Å²) in [4.78, 5) is 11.3. The summed E-state index contributed by atoms with van der Waals surface area (Å²) in [6.45, 7) is 12.7. The lowest BCUT2D eigenvalue weighted by Gasteiger charge is -2.36. The van der Waals surface area contributed by atoms with Crippen molar-refractivity contribution in [1.29, 1.82) is 0 Å². The van der Waals surface area contributed by atoms with Crippen LogP contribution in [0.1, 0.15) is 112 Å². The van der Waals surface area contributed by atoms with Crippen LogP contribution in [0.4, 0.5) is 0 Å². The summed E-state index contributed by atoms with van der Waals surface area (Å²) in [5, 5.41) is 0. The lowest BCUT2D eigenvalue weighted by atomic mass is 10.2. The summed E-state index contributed by atoms with van der Waals surface area (Å²) in [7, 11) is -1.65. The predicted molar refractivity (Wildman–Crippen MR) is 129 cm³/mol. The van der Waals surface area contributed by atoms with E-state index in [1.807, 2.05) is 6.92 Å². The zero-order valence-corrected chi connectivity index (χ0v) is 21.3. The maximum absolute atomic E-state index is 11.3. The minimum Gasteiger partial charge on any atom is -0.463 e. The van der Waals surface area contributed by atoms with E-state index < -0.39 is 8.32 Å². The molecule has 0 aliphatic rings. The lowest BCUT2D eigenvalue weighted by Crippen LogP contribution is -2.41. The fourth-order valence-corrected chi connectivity index (χ4v) is 8.18. The number of esters is 1. The lowest BCUT2D eigenvalue weighted by molar-refractivity contribution is -0.137. The van der Waals surface area contributed by atoms with Gasteiger partial charge >= 0.3 is 5.97 Å². The standard InChI is InChI=1S/C25H50O3Si/c1-6-9-11-17-22-29(24(4)5,28-21-15-10-7-2)23-18-14-12-13-16-20-27-25(26)19-8-3/h8,19,24H,6-7,9-18,20-23H2,1-5H3. The third kappa shape index (κ3) is 14.9. The Kier molecular flexibility index (Phi) is 18.9. The number of allylic oxidation sites excluding steroid dienone is 1. The third-order valence-electron chi connectivity index (χ3n) is 5.93. The Balaban J connectivity index is 4.30. The molecule has 0 fully saturated rings. The zero-order valence-electron chi connectivity index (χ0n) is 20.3. The van der Waals surface area contributed by atoms with Gasteiger partial charge in [0.05, 0.1) is 6.61 Å². The summed E-state index contributed by atoms with van der Waals surface area (Å²) < 4.78 is 11.9. The van der Waals surface area contributed by atoms with Gasteiger partial charge in [-0.2, -0.15) is 0 Å². The maximum atomic E-state index is 11.3. The molecule has 0 aromatic rings. The zero-order chi connectivity index (χ0) is 21.8. The van der Waals surface area contributed by atoms with E-state index in [9.17, 15) is 4.79 Å². The first-order valence-corrected chi connectivity index (χ1v) is 14.9. The van der Waals surface area contributed by atoms with E-state index in [1.165, 1.54) is 82.4 Å². The molecule has 0 saturated carbocycles. The number of rotatable bonds is 20. The Bertz CT molecular complexity index is 395. The van der Waals surface area contributed by atoms with Gasteiger partial charge in [-0.15, -0.1) is 0 Å². The van der Waals surface area contributed by atoms with E-state index in [1.54, 1.807) is 6.08 Å². The van der Waals surface area contributed by atoms with Crippen molar-refractivity contribution in [1.82, 2.24) is 0 Å². The topological polar surface area (TPSA) is 35.5 Å². The van der Waals surface area contributed by atoms with Crippen molar-refractivity contribution in [2.24, 2.45) is 0 Å². The fourth-order valence-electron chi connectivity index (χ4n) is 3.91. The number of carbonyl (C=O) groups excluding carboxylic acids is 1. The monoisotopic (exact) mass is 426 g/mol. The highest BCUT2D eigenvalue weighted by atomic mass is 28.4. The number of unbranched alkanes of at least 4 members (excludes halogenated alkanes) is 9. The van der Waals surface area contributed by atoms with Gasteiger partial charge in [-0.25, -0.2) is 4.79 Å². The molecule has 29 heavy (non-hydrogen) atoms. The summed E-state index contributed by atoms with van der Waals surface area (Å²) >= 11 is 0. The van der Waals surface area contributed by atoms with E-state index in [4.69, 9.17) is 9.16 Å². The van der Waals surface area contributed by atoms with Crippen LogP contribution in [0.3, 0.4) is 0 Å². The first kappa shape index (κ1) is 28.4. The molecule has 0 saturated heterocycles. The molecule has 0 aromatic heterocycles. The van der Waals surface area contributed by atoms with Gasteiger partial charge in [-0.1, -0.05) is 98.0 Å². The largest absolute Gasteiger partial charge is 0.463 e. The molecule has 1 atom stereocenters. The van der Waals surface area contributed by atoms with Gasteiger partial charge in [-0.05, 0) is 37.4 Å². The van der Waals surface area contributed by atoms with Crippen LogP contribution >= 0.6 is 0 Å². The molecule has 0 aliphatic carbocycles. The number of hydrogen-bond donors (Lipinski definition) is 0. The first-order chi connectivity index (χ1) is 14.0. The summed E-state index contributed by atoms with van der Waals surface area (Å²) in [6, 6.07) is 2.66. The van der Waals surface area contributed by atoms with Gasteiger partial charge in [-0.3, -0.25) is 0 Å². The van der Waals surface area contributed by atoms with Crippen molar-refractivity contribution >= 4 is 14.3 Å². The van der Waals surface area contributed by atoms with E-state index >= 15 is 0 Å². The van der Waals surface area contributed by atoms with Crippen LogP contribution in [-0.2, 0) is 14.0 Å². The molecule has 0 rings (SSSR count). The van der Waals surface area contributed by atoms with Crippen LogP contribution in [0.15, 0.2) is 12.2 Å². The van der Waals surface area contributed by atoms with Gasteiger partial charge in [0.25, 0.3) is 0 Å². The molecule has 0 heterocycles. The van der Waals surface area contributed by atoms with Crippen molar-refractivity contribution < 1.29 is 14.0 Å². The maximum Gasteiger partial charge on any atom is 0.330 e. The average Bonchev–Trinajstić information content (AvgIpc) is 2.69. The van der Waals surface area contributed by atoms with Crippen molar-refractivity contribution in [3.63, 3.8) is 0 Å². The second-order valence-electron chi connectivity index (χ2n) is 8.77. The van der Waals surface area contributed by atoms with Gasteiger partial charge in [0.1, 0.15) is 0 Å². The van der Waals surface area contributed by atoms with Crippen LogP contribution in [0.5, 0.6) is 0 Å². The van der Waals surface area contributed by atoms with E-state index in [-0.39, 0.29) is 5.97 Å². The second kappa shape index (κ2) is 19.4. The third-order valence-corrected chi connectivity index (χ3v) is 11.2. The number of hydrogen-bond acceptors (Lipinski definition) is 3. The molecule has 172 valence electrons. The first-order valence-electron chi connectivity index (χ1n) is 12.5. The smallest absolute Gasteiger partial charge is 0.330 e. The van der Waals surface area contributed by atoms with Crippen LogP contribution in [0.25, 0.3) is 0 Å². The predicted octanol–water partition coefficient (Wildman–Crippen LogP) is 8.20. The molecule has 0 N–H and O–H groups in total. The summed E-state index contributed by atoms with van der Waals surface area (Å²) in [5.41, 5.74) is 0.705. The van der Waals surface area contributed by atoms with E-state index in [2.05, 4.69) is 27.7 Å². The highest BCUT2D eigenvalue weighted by Gasteiger charge is 2.37. The van der Waals surface area contributed by atoms with E-state index in [0.717, 1.165) is 19.4 Å². The van der Waals surface area contributed by atoms with E-state index in [0.29, 0.717) is 12.1 Å². The van der Waals surface area contributed by atoms with Crippen LogP contribution in [0.2, 0.25) is 17.6 Å². The second-order valence-corrected chi connectivity index (χ2v) is 13.3. The van der Waals surface area contributed by atoms with Crippen molar-refractivity contribution in [2.45, 2.75) is 129 Å². The van der Waals surface area contributed by atoms with Crippen molar-refractivity contribution in [2.75, 3.05) is 13.2 Å². The van der Waals surface area contributed by atoms with Crippen molar-refractivity contribution in [3.8, 4) is 0 Å². The van der Waals surface area contributed by atoms with Crippen molar-refractivity contribution in [3.05, 3.63) is 12.2 Å². The molecule has 3 nitrogen and oxygen atoms in total. The molecule has 0 spiro atoms. The Morgan fingerprint density at radius 2 is 1.31 bits per heavy atom. The van der Waals surface area contributed by atoms with Gasteiger partial charge in [0.2, 0.25) is 0 Å². The Labute approximate surface area is 183 Å². The van der Waals surface area contributed by atoms with Crippen LogP contribution < -0.4 is 0 Å². The molecule has 0 aliphatic heterocycles. The SMILES string of the molecule is CC=CC(=O)OCCCCCCC[Si](CCCCCC)(OCCCCC)C(C)C.